The first-order chi connectivity index (χ1) is 11.2. The quantitative estimate of drug-likeness (QED) is 0.512. The molecule has 4 rings (SSSR count). The van der Waals surface area contributed by atoms with Crippen molar-refractivity contribution in [3.8, 4) is 22.4 Å². The van der Waals surface area contributed by atoms with Crippen molar-refractivity contribution in [2.45, 2.75) is 6.92 Å². The van der Waals surface area contributed by atoms with Crippen molar-refractivity contribution in [2.24, 2.45) is 0 Å². The minimum Gasteiger partial charge on any atom is -0.282 e. The molecule has 0 unspecified atom stereocenters. The Morgan fingerprint density at radius 1 is 0.913 bits per heavy atom. The molecule has 2 heterocycles. The maximum Gasteiger partial charge on any atom is 0.139 e. The number of hydrogen-bond donors (Lipinski definition) is 1. The molecule has 2 aromatic carbocycles. The molecule has 0 bridgehead atoms. The summed E-state index contributed by atoms with van der Waals surface area (Å²) in [4.78, 5) is 4.56. The average Bonchev–Trinajstić information content (AvgIpc) is 3.00. The van der Waals surface area contributed by atoms with Gasteiger partial charge in [0.2, 0.25) is 0 Å². The molecular weight excluding hydrogens is 306 g/mol. The maximum absolute atomic E-state index is 6.54. The summed E-state index contributed by atoms with van der Waals surface area (Å²) in [5.41, 5.74) is 5.71. The van der Waals surface area contributed by atoms with Gasteiger partial charge in [0.1, 0.15) is 5.15 Å². The van der Waals surface area contributed by atoms with E-state index in [0.717, 1.165) is 39.0 Å². The van der Waals surface area contributed by atoms with Gasteiger partial charge < -0.3 is 0 Å². The summed E-state index contributed by atoms with van der Waals surface area (Å²) in [6.45, 7) is 1.97. The Hall–Kier alpha value is -2.65. The van der Waals surface area contributed by atoms with Crippen molar-refractivity contribution < 1.29 is 0 Å². The summed E-state index contributed by atoms with van der Waals surface area (Å²) in [7, 11) is 0. The zero-order valence-electron chi connectivity index (χ0n) is 12.5. The van der Waals surface area contributed by atoms with Crippen LogP contribution in [0.3, 0.4) is 0 Å². The maximum atomic E-state index is 6.54. The second-order valence-electron chi connectivity index (χ2n) is 5.47. The van der Waals surface area contributed by atoms with Crippen LogP contribution in [0.5, 0.6) is 0 Å². The van der Waals surface area contributed by atoms with E-state index < -0.39 is 0 Å². The highest BCUT2D eigenvalue weighted by atomic mass is 35.5. The third-order valence-electron chi connectivity index (χ3n) is 3.87. The summed E-state index contributed by atoms with van der Waals surface area (Å²) in [6, 6.07) is 20.3. The Kier molecular flexibility index (Phi) is 3.36. The van der Waals surface area contributed by atoms with E-state index in [0.29, 0.717) is 5.15 Å². The summed E-state index contributed by atoms with van der Waals surface area (Å²) >= 11 is 6.54. The van der Waals surface area contributed by atoms with Gasteiger partial charge in [-0.2, -0.15) is 5.10 Å². The second-order valence-corrected chi connectivity index (χ2v) is 5.83. The van der Waals surface area contributed by atoms with Gasteiger partial charge in [-0.25, -0.2) is 4.98 Å². The van der Waals surface area contributed by atoms with Crippen LogP contribution in [0, 0.1) is 6.92 Å². The first kappa shape index (κ1) is 14.0. The number of nitrogens with zero attached hydrogens (tertiary/aromatic N) is 2. The number of aromatic amines is 1. The molecule has 0 fully saturated rings. The minimum atomic E-state index is 0.467. The fourth-order valence-electron chi connectivity index (χ4n) is 2.87. The van der Waals surface area contributed by atoms with Crippen LogP contribution in [0.1, 0.15) is 5.69 Å². The van der Waals surface area contributed by atoms with Gasteiger partial charge in [0.25, 0.3) is 0 Å². The van der Waals surface area contributed by atoms with Gasteiger partial charge in [-0.3, -0.25) is 5.10 Å². The van der Waals surface area contributed by atoms with Crippen LogP contribution >= 0.6 is 11.6 Å². The number of aromatic nitrogens is 3. The van der Waals surface area contributed by atoms with E-state index in [2.05, 4.69) is 33.4 Å². The second kappa shape index (κ2) is 5.52. The van der Waals surface area contributed by atoms with Crippen LogP contribution in [-0.2, 0) is 0 Å². The molecule has 0 aliphatic heterocycles. The number of H-pyrrole nitrogens is 1. The predicted molar refractivity (Wildman–Crippen MR) is 94.5 cm³/mol. The van der Waals surface area contributed by atoms with Crippen LogP contribution in [0.2, 0.25) is 5.15 Å². The van der Waals surface area contributed by atoms with Crippen molar-refractivity contribution >= 4 is 22.5 Å². The molecule has 0 saturated carbocycles. The SMILES string of the molecule is Cc1cc(-c2c(Cl)nc3ccccc3c2-c2ccccc2)n[nH]1. The minimum absolute atomic E-state index is 0.467. The fraction of sp³-hybridized carbons (Fsp3) is 0.0526. The van der Waals surface area contributed by atoms with Gasteiger partial charge >= 0.3 is 0 Å². The standard InChI is InChI=1S/C19H14ClN3/c1-12-11-16(23-22-12)18-17(13-7-3-2-4-8-13)14-9-5-6-10-15(14)21-19(18)20/h2-11H,1H3,(H,22,23). The first-order valence-electron chi connectivity index (χ1n) is 7.40. The summed E-state index contributed by atoms with van der Waals surface area (Å²) in [6.07, 6.45) is 0. The molecular formula is C19H14ClN3. The number of para-hydroxylation sites is 1. The number of nitrogens with one attached hydrogen (secondary N) is 1. The summed E-state index contributed by atoms with van der Waals surface area (Å²) < 4.78 is 0. The molecule has 0 radical (unpaired) electrons. The van der Waals surface area contributed by atoms with E-state index in [1.807, 2.05) is 49.4 Å². The lowest BCUT2D eigenvalue weighted by atomic mass is 9.95. The van der Waals surface area contributed by atoms with Gasteiger partial charge in [-0.05, 0) is 24.6 Å². The van der Waals surface area contributed by atoms with Crippen LogP contribution in [0.25, 0.3) is 33.3 Å². The molecule has 112 valence electrons. The predicted octanol–water partition coefficient (Wildman–Crippen LogP) is 5.25. The van der Waals surface area contributed by atoms with Crippen LogP contribution in [0.4, 0.5) is 0 Å². The van der Waals surface area contributed by atoms with Crippen LogP contribution < -0.4 is 0 Å². The Morgan fingerprint density at radius 2 is 1.65 bits per heavy atom. The van der Waals surface area contributed by atoms with E-state index in [9.17, 15) is 0 Å². The van der Waals surface area contributed by atoms with Gasteiger partial charge in [-0.15, -0.1) is 0 Å². The van der Waals surface area contributed by atoms with E-state index in [1.165, 1.54) is 0 Å². The molecule has 0 aliphatic carbocycles. The molecule has 23 heavy (non-hydrogen) atoms. The Balaban J connectivity index is 2.15. The Labute approximate surface area is 139 Å². The van der Waals surface area contributed by atoms with Gasteiger partial charge in [0.05, 0.1) is 11.2 Å². The lowest BCUT2D eigenvalue weighted by molar-refractivity contribution is 1.05. The highest BCUT2D eigenvalue weighted by Gasteiger charge is 2.18. The molecule has 0 spiro atoms. The fourth-order valence-corrected chi connectivity index (χ4v) is 3.15. The van der Waals surface area contributed by atoms with Crippen molar-refractivity contribution in [3.63, 3.8) is 0 Å². The molecule has 4 heteroatoms. The highest BCUT2D eigenvalue weighted by Crippen LogP contribution is 2.40. The monoisotopic (exact) mass is 319 g/mol. The molecule has 1 N–H and O–H groups in total. The lowest BCUT2D eigenvalue weighted by Gasteiger charge is -2.13. The number of fused-ring (bicyclic) bond motifs is 1. The molecule has 0 saturated heterocycles. The highest BCUT2D eigenvalue weighted by molar-refractivity contribution is 6.34. The van der Waals surface area contributed by atoms with Crippen molar-refractivity contribution in [1.82, 2.24) is 15.2 Å². The summed E-state index contributed by atoms with van der Waals surface area (Å²) in [5.74, 6) is 0. The lowest BCUT2D eigenvalue weighted by Crippen LogP contribution is -1.93. The van der Waals surface area contributed by atoms with Gasteiger partial charge in [0, 0.05) is 22.2 Å². The third kappa shape index (κ3) is 2.39. The Bertz CT molecular complexity index is 990. The number of benzene rings is 2. The summed E-state index contributed by atoms with van der Waals surface area (Å²) in [5, 5.41) is 8.91. The van der Waals surface area contributed by atoms with E-state index in [1.54, 1.807) is 0 Å². The third-order valence-corrected chi connectivity index (χ3v) is 4.15. The van der Waals surface area contributed by atoms with Crippen LogP contribution in [-0.4, -0.2) is 15.2 Å². The van der Waals surface area contributed by atoms with Crippen molar-refractivity contribution in [1.29, 1.82) is 0 Å². The largest absolute Gasteiger partial charge is 0.282 e. The Morgan fingerprint density at radius 3 is 2.39 bits per heavy atom. The molecule has 2 aromatic heterocycles. The molecule has 0 atom stereocenters. The number of rotatable bonds is 2. The van der Waals surface area contributed by atoms with E-state index >= 15 is 0 Å². The smallest absolute Gasteiger partial charge is 0.139 e. The molecule has 3 nitrogen and oxygen atoms in total. The van der Waals surface area contributed by atoms with Crippen molar-refractivity contribution in [3.05, 3.63) is 71.5 Å². The molecule has 4 aromatic rings. The zero-order chi connectivity index (χ0) is 15.8. The van der Waals surface area contributed by atoms with E-state index in [4.69, 9.17) is 11.6 Å². The van der Waals surface area contributed by atoms with Gasteiger partial charge in [-0.1, -0.05) is 60.1 Å². The molecule has 0 amide bonds. The van der Waals surface area contributed by atoms with Crippen LogP contribution in [0.15, 0.2) is 60.7 Å². The number of hydrogen-bond acceptors (Lipinski definition) is 2. The topological polar surface area (TPSA) is 41.6 Å². The normalized spacial score (nSPS) is 11.0. The number of halogens is 1. The first-order valence-corrected chi connectivity index (χ1v) is 7.78. The van der Waals surface area contributed by atoms with Gasteiger partial charge in [0.15, 0.2) is 0 Å². The van der Waals surface area contributed by atoms with E-state index in [-0.39, 0.29) is 0 Å². The zero-order valence-corrected chi connectivity index (χ0v) is 13.3. The average molecular weight is 320 g/mol. The van der Waals surface area contributed by atoms with Crippen molar-refractivity contribution in [2.75, 3.05) is 0 Å². The number of pyridine rings is 1. The molecule has 0 aliphatic rings. The number of aryl methyl sites for hydroxylation is 1.